The third-order valence-corrected chi connectivity index (χ3v) is 3.00. The van der Waals surface area contributed by atoms with Crippen molar-refractivity contribution in [1.29, 1.82) is 0 Å². The van der Waals surface area contributed by atoms with Gasteiger partial charge in [0.15, 0.2) is 0 Å². The molecule has 1 amide bonds. The fourth-order valence-electron chi connectivity index (χ4n) is 1.21. The predicted octanol–water partition coefficient (Wildman–Crippen LogP) is 1.94. The molecule has 0 heterocycles. The molecular weight excluding hydrogens is 229 g/mol. The molecule has 0 bridgehead atoms. The van der Waals surface area contributed by atoms with E-state index in [0.29, 0.717) is 23.7 Å². The normalized spacial score (nSPS) is 10.1. The van der Waals surface area contributed by atoms with Gasteiger partial charge in [-0.25, -0.2) is 4.39 Å². The van der Waals surface area contributed by atoms with Gasteiger partial charge in [0, 0.05) is 23.5 Å². The lowest BCUT2D eigenvalue weighted by atomic mass is 10.2. The Balaban J connectivity index is 2.51. The predicted molar refractivity (Wildman–Crippen MR) is 62.9 cm³/mol. The van der Waals surface area contributed by atoms with E-state index in [0.717, 1.165) is 5.56 Å². The first-order valence-corrected chi connectivity index (χ1v) is 5.97. The Kier molecular flexibility index (Phi) is 5.11. The van der Waals surface area contributed by atoms with Gasteiger partial charge in [-0.2, -0.15) is 11.8 Å². The quantitative estimate of drug-likeness (QED) is 0.777. The Hall–Kier alpha value is -1.23. The summed E-state index contributed by atoms with van der Waals surface area (Å²) < 4.78 is 18.1. The van der Waals surface area contributed by atoms with Crippen molar-refractivity contribution in [2.24, 2.45) is 5.73 Å². The molecule has 5 heteroatoms. The molecule has 0 aromatic heterocycles. The molecule has 0 spiro atoms. The highest BCUT2D eigenvalue weighted by atomic mass is 32.2. The fraction of sp³-hybridized carbons (Fsp3) is 0.364. The molecule has 1 aromatic rings. The largest absolute Gasteiger partial charge is 0.496 e. The molecular formula is C11H14FNO2S. The number of thioether (sulfide) groups is 1. The SMILES string of the molecule is COc1ccc(F)cc1CSCCC(N)=O. The monoisotopic (exact) mass is 243 g/mol. The van der Waals surface area contributed by atoms with E-state index in [4.69, 9.17) is 10.5 Å². The second-order valence-corrected chi connectivity index (χ2v) is 4.33. The van der Waals surface area contributed by atoms with Gasteiger partial charge in [0.1, 0.15) is 11.6 Å². The van der Waals surface area contributed by atoms with Crippen molar-refractivity contribution >= 4 is 17.7 Å². The number of hydrogen-bond acceptors (Lipinski definition) is 3. The molecule has 88 valence electrons. The van der Waals surface area contributed by atoms with Crippen LogP contribution in [-0.4, -0.2) is 18.8 Å². The summed E-state index contributed by atoms with van der Waals surface area (Å²) in [5, 5.41) is 0. The van der Waals surface area contributed by atoms with Gasteiger partial charge in [0.05, 0.1) is 7.11 Å². The summed E-state index contributed by atoms with van der Waals surface area (Å²) in [4.78, 5) is 10.5. The summed E-state index contributed by atoms with van der Waals surface area (Å²) in [5.74, 6) is 1.29. The van der Waals surface area contributed by atoms with E-state index in [2.05, 4.69) is 0 Å². The number of nitrogens with two attached hydrogens (primary N) is 1. The number of ether oxygens (including phenoxy) is 1. The van der Waals surface area contributed by atoms with Crippen molar-refractivity contribution in [3.8, 4) is 5.75 Å². The third kappa shape index (κ3) is 4.10. The fourth-order valence-corrected chi connectivity index (χ4v) is 2.15. The molecule has 0 atom stereocenters. The molecule has 3 nitrogen and oxygen atoms in total. The van der Waals surface area contributed by atoms with Crippen LogP contribution in [0.4, 0.5) is 4.39 Å². The highest BCUT2D eigenvalue weighted by molar-refractivity contribution is 7.98. The van der Waals surface area contributed by atoms with Crippen LogP contribution in [-0.2, 0) is 10.5 Å². The van der Waals surface area contributed by atoms with Crippen molar-refractivity contribution in [2.45, 2.75) is 12.2 Å². The van der Waals surface area contributed by atoms with Crippen LogP contribution in [0.25, 0.3) is 0 Å². The smallest absolute Gasteiger partial charge is 0.218 e. The molecule has 1 rings (SSSR count). The van der Waals surface area contributed by atoms with E-state index in [9.17, 15) is 9.18 Å². The Labute approximate surface area is 98.2 Å². The van der Waals surface area contributed by atoms with E-state index in [1.807, 2.05) is 0 Å². The van der Waals surface area contributed by atoms with Crippen LogP contribution in [0, 0.1) is 5.82 Å². The van der Waals surface area contributed by atoms with Crippen LogP contribution in [0.2, 0.25) is 0 Å². The summed E-state index contributed by atoms with van der Waals surface area (Å²) in [7, 11) is 1.55. The number of carbonyl (C=O) groups excluding carboxylic acids is 1. The maximum atomic E-state index is 13.0. The number of amides is 1. The average molecular weight is 243 g/mol. The summed E-state index contributed by atoms with van der Waals surface area (Å²) in [6, 6.07) is 4.39. The first-order valence-electron chi connectivity index (χ1n) is 4.82. The van der Waals surface area contributed by atoms with Gasteiger partial charge in [0.2, 0.25) is 5.91 Å². The molecule has 0 fully saturated rings. The van der Waals surface area contributed by atoms with Gasteiger partial charge in [-0.1, -0.05) is 0 Å². The van der Waals surface area contributed by atoms with Gasteiger partial charge in [0.25, 0.3) is 0 Å². The molecule has 0 aliphatic heterocycles. The Morgan fingerprint density at radius 2 is 2.31 bits per heavy atom. The minimum Gasteiger partial charge on any atom is -0.496 e. The lowest BCUT2D eigenvalue weighted by Gasteiger charge is -2.07. The molecule has 0 radical (unpaired) electrons. The lowest BCUT2D eigenvalue weighted by Crippen LogP contribution is -2.10. The van der Waals surface area contributed by atoms with E-state index in [-0.39, 0.29) is 11.7 Å². The zero-order chi connectivity index (χ0) is 12.0. The minimum atomic E-state index is -0.321. The molecule has 0 unspecified atom stereocenters. The molecule has 2 N–H and O–H groups in total. The van der Waals surface area contributed by atoms with Crippen molar-refractivity contribution in [1.82, 2.24) is 0 Å². The highest BCUT2D eigenvalue weighted by Gasteiger charge is 2.05. The van der Waals surface area contributed by atoms with Crippen LogP contribution in [0.15, 0.2) is 18.2 Å². The second kappa shape index (κ2) is 6.37. The van der Waals surface area contributed by atoms with Crippen molar-refractivity contribution in [2.75, 3.05) is 12.9 Å². The molecule has 16 heavy (non-hydrogen) atoms. The van der Waals surface area contributed by atoms with Crippen molar-refractivity contribution in [3.63, 3.8) is 0 Å². The van der Waals surface area contributed by atoms with E-state index < -0.39 is 0 Å². The zero-order valence-corrected chi connectivity index (χ0v) is 9.85. The first-order chi connectivity index (χ1) is 7.63. The maximum absolute atomic E-state index is 13.0. The number of benzene rings is 1. The molecule has 0 aliphatic carbocycles. The summed E-state index contributed by atoms with van der Waals surface area (Å²) >= 11 is 1.53. The van der Waals surface area contributed by atoms with Crippen LogP contribution < -0.4 is 10.5 Å². The third-order valence-electron chi connectivity index (χ3n) is 1.99. The number of hydrogen-bond donors (Lipinski definition) is 1. The molecule has 0 saturated heterocycles. The first kappa shape index (κ1) is 12.8. The van der Waals surface area contributed by atoms with Crippen LogP contribution in [0.1, 0.15) is 12.0 Å². The standard InChI is InChI=1S/C11H14FNO2S/c1-15-10-3-2-9(12)6-8(10)7-16-5-4-11(13)14/h2-3,6H,4-5,7H2,1H3,(H2,13,14). The molecule has 1 aromatic carbocycles. The van der Waals surface area contributed by atoms with Gasteiger partial charge >= 0.3 is 0 Å². The molecule has 0 saturated carbocycles. The van der Waals surface area contributed by atoms with Gasteiger partial charge in [-0.15, -0.1) is 0 Å². The molecule has 0 aliphatic rings. The topological polar surface area (TPSA) is 52.3 Å². The lowest BCUT2D eigenvalue weighted by molar-refractivity contribution is -0.117. The zero-order valence-electron chi connectivity index (χ0n) is 9.03. The van der Waals surface area contributed by atoms with Gasteiger partial charge < -0.3 is 10.5 Å². The number of rotatable bonds is 6. The maximum Gasteiger partial charge on any atom is 0.218 e. The van der Waals surface area contributed by atoms with Crippen LogP contribution >= 0.6 is 11.8 Å². The van der Waals surface area contributed by atoms with E-state index in [1.165, 1.54) is 23.9 Å². The summed E-state index contributed by atoms with van der Waals surface area (Å²) in [6.45, 7) is 0. The van der Waals surface area contributed by atoms with Crippen molar-refractivity contribution < 1.29 is 13.9 Å². The Morgan fingerprint density at radius 3 is 2.94 bits per heavy atom. The number of carbonyl (C=O) groups is 1. The number of methoxy groups -OCH3 is 1. The summed E-state index contributed by atoms with van der Waals surface area (Å²) in [5.41, 5.74) is 5.80. The highest BCUT2D eigenvalue weighted by Crippen LogP contribution is 2.24. The number of halogens is 1. The Bertz CT molecular complexity index is 371. The minimum absolute atomic E-state index is 0.286. The van der Waals surface area contributed by atoms with E-state index >= 15 is 0 Å². The van der Waals surface area contributed by atoms with Crippen molar-refractivity contribution in [3.05, 3.63) is 29.6 Å². The second-order valence-electron chi connectivity index (χ2n) is 3.23. The van der Waals surface area contributed by atoms with E-state index in [1.54, 1.807) is 13.2 Å². The van der Waals surface area contributed by atoms with Crippen LogP contribution in [0.5, 0.6) is 5.75 Å². The van der Waals surface area contributed by atoms with Gasteiger partial charge in [-0.05, 0) is 18.2 Å². The van der Waals surface area contributed by atoms with Crippen LogP contribution in [0.3, 0.4) is 0 Å². The van der Waals surface area contributed by atoms with Gasteiger partial charge in [-0.3, -0.25) is 4.79 Å². The summed E-state index contributed by atoms with van der Waals surface area (Å²) in [6.07, 6.45) is 0.336. The number of primary amides is 1. The Morgan fingerprint density at radius 1 is 1.56 bits per heavy atom. The average Bonchev–Trinajstić information content (AvgIpc) is 2.24.